The van der Waals surface area contributed by atoms with Crippen LogP contribution in [0.1, 0.15) is 57.8 Å². The van der Waals surface area contributed by atoms with Gasteiger partial charge < -0.3 is 15.0 Å². The molecule has 1 rings (SSSR count). The SMILES string of the molecule is CCCN(CCC)C(=O)C(C)(C)C(=O)Nc1ccc(C(=O)OCC)cc1. The predicted octanol–water partition coefficient (Wildman–Crippen LogP) is 3.48. The molecule has 1 aromatic carbocycles. The van der Waals surface area contributed by atoms with Crippen molar-refractivity contribution in [1.29, 1.82) is 0 Å². The van der Waals surface area contributed by atoms with Crippen molar-refractivity contribution in [1.82, 2.24) is 4.90 Å². The number of anilines is 1. The van der Waals surface area contributed by atoms with Gasteiger partial charge in [-0.15, -0.1) is 0 Å². The van der Waals surface area contributed by atoms with Gasteiger partial charge in [-0.2, -0.15) is 0 Å². The van der Waals surface area contributed by atoms with E-state index in [-0.39, 0.29) is 11.8 Å². The van der Waals surface area contributed by atoms with Crippen molar-refractivity contribution in [2.24, 2.45) is 5.41 Å². The van der Waals surface area contributed by atoms with E-state index >= 15 is 0 Å². The molecule has 0 saturated carbocycles. The van der Waals surface area contributed by atoms with Crippen LogP contribution < -0.4 is 5.32 Å². The molecule has 6 nitrogen and oxygen atoms in total. The van der Waals surface area contributed by atoms with Crippen LogP contribution in [0.15, 0.2) is 24.3 Å². The minimum atomic E-state index is -1.18. The van der Waals surface area contributed by atoms with Gasteiger partial charge >= 0.3 is 5.97 Å². The lowest BCUT2D eigenvalue weighted by atomic mass is 9.90. The highest BCUT2D eigenvalue weighted by molar-refractivity contribution is 6.10. The molecule has 0 bridgehead atoms. The topological polar surface area (TPSA) is 75.7 Å². The number of hydrogen-bond donors (Lipinski definition) is 1. The molecular formula is C20H30N2O4. The lowest BCUT2D eigenvalue weighted by Gasteiger charge is -2.30. The number of rotatable bonds is 9. The minimum Gasteiger partial charge on any atom is -0.462 e. The number of amides is 2. The number of nitrogens with zero attached hydrogens (tertiary/aromatic N) is 1. The van der Waals surface area contributed by atoms with Gasteiger partial charge in [-0.1, -0.05) is 13.8 Å². The molecule has 26 heavy (non-hydrogen) atoms. The smallest absolute Gasteiger partial charge is 0.338 e. The molecule has 1 aromatic rings. The number of hydrogen-bond acceptors (Lipinski definition) is 4. The second-order valence-electron chi connectivity index (χ2n) is 6.67. The minimum absolute atomic E-state index is 0.179. The van der Waals surface area contributed by atoms with Gasteiger partial charge in [0.05, 0.1) is 12.2 Å². The van der Waals surface area contributed by atoms with Gasteiger partial charge in [0.2, 0.25) is 11.8 Å². The monoisotopic (exact) mass is 362 g/mol. The summed E-state index contributed by atoms with van der Waals surface area (Å²) in [6.45, 7) is 10.6. The van der Waals surface area contributed by atoms with E-state index in [9.17, 15) is 14.4 Å². The molecule has 0 aliphatic carbocycles. The summed E-state index contributed by atoms with van der Waals surface area (Å²) < 4.78 is 4.93. The Labute approximate surface area is 155 Å². The Morgan fingerprint density at radius 2 is 1.54 bits per heavy atom. The van der Waals surface area contributed by atoms with Crippen LogP contribution >= 0.6 is 0 Å². The quantitative estimate of drug-likeness (QED) is 0.539. The first kappa shape index (κ1) is 21.7. The van der Waals surface area contributed by atoms with Gasteiger partial charge in [0.25, 0.3) is 0 Å². The molecule has 144 valence electrons. The maximum Gasteiger partial charge on any atom is 0.338 e. The Hall–Kier alpha value is -2.37. The number of ether oxygens (including phenoxy) is 1. The van der Waals surface area contributed by atoms with Crippen molar-refractivity contribution in [2.75, 3.05) is 25.0 Å². The van der Waals surface area contributed by atoms with Crippen LogP contribution in [0.5, 0.6) is 0 Å². The van der Waals surface area contributed by atoms with Crippen molar-refractivity contribution >= 4 is 23.5 Å². The number of carbonyl (C=O) groups excluding carboxylic acids is 3. The third-order valence-electron chi connectivity index (χ3n) is 4.03. The van der Waals surface area contributed by atoms with Crippen LogP contribution in [-0.4, -0.2) is 42.4 Å². The summed E-state index contributed by atoms with van der Waals surface area (Å²) in [6.07, 6.45) is 1.69. The van der Waals surface area contributed by atoms with E-state index < -0.39 is 11.4 Å². The summed E-state index contributed by atoms with van der Waals surface area (Å²) in [5.41, 5.74) is -0.233. The summed E-state index contributed by atoms with van der Waals surface area (Å²) in [5, 5.41) is 2.76. The molecule has 0 aliphatic heterocycles. The van der Waals surface area contributed by atoms with Crippen molar-refractivity contribution < 1.29 is 19.1 Å². The van der Waals surface area contributed by atoms with Crippen LogP contribution in [0.4, 0.5) is 5.69 Å². The first-order chi connectivity index (χ1) is 12.3. The molecule has 0 fully saturated rings. The van der Waals surface area contributed by atoms with Gasteiger partial charge in [0.1, 0.15) is 5.41 Å². The van der Waals surface area contributed by atoms with Crippen LogP contribution in [0, 0.1) is 5.41 Å². The highest BCUT2D eigenvalue weighted by Gasteiger charge is 2.38. The van der Waals surface area contributed by atoms with Crippen LogP contribution in [-0.2, 0) is 14.3 Å². The summed E-state index contributed by atoms with van der Waals surface area (Å²) in [6, 6.07) is 6.42. The van der Waals surface area contributed by atoms with E-state index in [4.69, 9.17) is 4.74 Å². The number of benzene rings is 1. The zero-order valence-electron chi connectivity index (χ0n) is 16.4. The third-order valence-corrected chi connectivity index (χ3v) is 4.03. The molecule has 0 radical (unpaired) electrons. The first-order valence-electron chi connectivity index (χ1n) is 9.15. The average Bonchev–Trinajstić information content (AvgIpc) is 2.61. The van der Waals surface area contributed by atoms with E-state index in [0.29, 0.717) is 30.9 Å². The Balaban J connectivity index is 2.84. The molecule has 0 saturated heterocycles. The molecule has 0 heterocycles. The average molecular weight is 362 g/mol. The fraction of sp³-hybridized carbons (Fsp3) is 0.550. The van der Waals surface area contributed by atoms with Gasteiger partial charge in [-0.05, 0) is 57.9 Å². The molecule has 0 aromatic heterocycles. The largest absolute Gasteiger partial charge is 0.462 e. The van der Waals surface area contributed by atoms with Gasteiger partial charge in [-0.3, -0.25) is 9.59 Å². The van der Waals surface area contributed by atoms with Crippen LogP contribution in [0.25, 0.3) is 0 Å². The molecule has 0 aliphatic rings. The lowest BCUT2D eigenvalue weighted by Crippen LogP contribution is -2.47. The summed E-state index contributed by atoms with van der Waals surface area (Å²) in [5.74, 6) is -0.957. The van der Waals surface area contributed by atoms with Crippen LogP contribution in [0.3, 0.4) is 0 Å². The first-order valence-corrected chi connectivity index (χ1v) is 9.15. The van der Waals surface area contributed by atoms with Crippen molar-refractivity contribution in [3.05, 3.63) is 29.8 Å². The molecule has 0 spiro atoms. The van der Waals surface area contributed by atoms with E-state index in [1.54, 1.807) is 49.9 Å². The Morgan fingerprint density at radius 1 is 1.00 bits per heavy atom. The van der Waals surface area contributed by atoms with Crippen molar-refractivity contribution in [3.63, 3.8) is 0 Å². The lowest BCUT2D eigenvalue weighted by molar-refractivity contribution is -0.146. The predicted molar refractivity (Wildman–Crippen MR) is 102 cm³/mol. The second-order valence-corrected chi connectivity index (χ2v) is 6.67. The van der Waals surface area contributed by atoms with Crippen LogP contribution in [0.2, 0.25) is 0 Å². The molecule has 2 amide bonds. The number of esters is 1. The number of carbonyl (C=O) groups is 3. The summed E-state index contributed by atoms with van der Waals surface area (Å²) in [4.78, 5) is 38.9. The summed E-state index contributed by atoms with van der Waals surface area (Å²) >= 11 is 0. The second kappa shape index (κ2) is 9.94. The Morgan fingerprint density at radius 3 is 2.00 bits per heavy atom. The number of nitrogens with one attached hydrogen (secondary N) is 1. The highest BCUT2D eigenvalue weighted by atomic mass is 16.5. The fourth-order valence-electron chi connectivity index (χ4n) is 2.54. The fourth-order valence-corrected chi connectivity index (χ4v) is 2.54. The zero-order valence-corrected chi connectivity index (χ0v) is 16.4. The highest BCUT2D eigenvalue weighted by Crippen LogP contribution is 2.23. The molecule has 1 N–H and O–H groups in total. The van der Waals surface area contributed by atoms with Crippen molar-refractivity contribution in [3.8, 4) is 0 Å². The van der Waals surface area contributed by atoms with E-state index in [2.05, 4.69) is 5.32 Å². The Bertz CT molecular complexity index is 617. The van der Waals surface area contributed by atoms with E-state index in [0.717, 1.165) is 12.8 Å². The van der Waals surface area contributed by atoms with E-state index in [1.807, 2.05) is 13.8 Å². The Kier molecular flexibility index (Phi) is 8.29. The zero-order chi connectivity index (χ0) is 19.7. The van der Waals surface area contributed by atoms with Gasteiger partial charge in [0, 0.05) is 18.8 Å². The normalized spacial score (nSPS) is 11.0. The maximum absolute atomic E-state index is 12.8. The third kappa shape index (κ3) is 5.58. The van der Waals surface area contributed by atoms with Gasteiger partial charge in [-0.25, -0.2) is 4.79 Å². The molecule has 0 atom stereocenters. The van der Waals surface area contributed by atoms with E-state index in [1.165, 1.54) is 0 Å². The maximum atomic E-state index is 12.8. The standard InChI is InChI=1S/C20H30N2O4/c1-6-13-22(14-7-2)19(25)20(4,5)18(24)21-16-11-9-15(10-12-16)17(23)26-8-3/h9-12H,6-8,13-14H2,1-5H3,(H,21,24). The molecule has 6 heteroatoms. The molecule has 0 unspecified atom stereocenters. The van der Waals surface area contributed by atoms with Crippen molar-refractivity contribution in [2.45, 2.75) is 47.5 Å². The molecular weight excluding hydrogens is 332 g/mol. The van der Waals surface area contributed by atoms with Gasteiger partial charge in [0.15, 0.2) is 0 Å². The summed E-state index contributed by atoms with van der Waals surface area (Å²) in [7, 11) is 0.